The van der Waals surface area contributed by atoms with Crippen molar-refractivity contribution in [3.63, 3.8) is 0 Å². The van der Waals surface area contributed by atoms with Crippen molar-refractivity contribution in [1.82, 2.24) is 5.32 Å². The molecule has 1 nitrogen and oxygen atoms in total. The predicted octanol–water partition coefficient (Wildman–Crippen LogP) is 3.24. The van der Waals surface area contributed by atoms with Crippen molar-refractivity contribution in [3.8, 4) is 0 Å². The van der Waals surface area contributed by atoms with Crippen molar-refractivity contribution in [2.45, 2.75) is 37.5 Å². The molecule has 2 rings (SSSR count). The van der Waals surface area contributed by atoms with Gasteiger partial charge in [-0.1, -0.05) is 19.1 Å². The molecule has 17 heavy (non-hydrogen) atoms. The van der Waals surface area contributed by atoms with E-state index in [0.717, 1.165) is 18.5 Å². The van der Waals surface area contributed by atoms with Gasteiger partial charge in [0.2, 0.25) is 0 Å². The second kappa shape index (κ2) is 6.41. The molecule has 1 heterocycles. The third-order valence-electron chi connectivity index (χ3n) is 3.32. The summed E-state index contributed by atoms with van der Waals surface area (Å²) in [6, 6.07) is 7.52. The molecule has 1 aromatic carbocycles. The van der Waals surface area contributed by atoms with E-state index in [2.05, 4.69) is 24.0 Å². The van der Waals surface area contributed by atoms with Crippen LogP contribution in [0, 0.1) is 5.82 Å². The molecule has 1 aliphatic rings. The fraction of sp³-hybridized carbons (Fsp3) is 0.571. The number of thioether (sulfide) groups is 1. The van der Waals surface area contributed by atoms with Crippen LogP contribution in [0.5, 0.6) is 0 Å². The smallest absolute Gasteiger partial charge is 0.123 e. The Balaban J connectivity index is 1.75. The predicted molar refractivity (Wildman–Crippen MR) is 73.0 cm³/mol. The Labute approximate surface area is 107 Å². The van der Waals surface area contributed by atoms with Crippen LogP contribution in [0.15, 0.2) is 24.3 Å². The topological polar surface area (TPSA) is 12.0 Å². The number of nitrogens with one attached hydrogen (secondary N) is 1. The van der Waals surface area contributed by atoms with Crippen molar-refractivity contribution in [3.05, 3.63) is 35.6 Å². The van der Waals surface area contributed by atoms with E-state index in [0.29, 0.717) is 11.3 Å². The number of rotatable bonds is 4. The fourth-order valence-corrected chi connectivity index (χ4v) is 3.46. The first kappa shape index (κ1) is 12.9. The standard InChI is InChI=1S/C14H20FNS/c1-11-14(6-3-9-17-11)16-8-7-12-4-2-5-13(15)10-12/h2,4-5,10-11,14,16H,3,6-9H2,1H3. The molecule has 0 saturated carbocycles. The largest absolute Gasteiger partial charge is 0.313 e. The minimum absolute atomic E-state index is 0.135. The van der Waals surface area contributed by atoms with Crippen molar-refractivity contribution in [2.75, 3.05) is 12.3 Å². The summed E-state index contributed by atoms with van der Waals surface area (Å²) in [5.74, 6) is 1.16. The molecule has 0 bridgehead atoms. The van der Waals surface area contributed by atoms with Crippen LogP contribution in [-0.4, -0.2) is 23.6 Å². The summed E-state index contributed by atoms with van der Waals surface area (Å²) < 4.78 is 13.0. The van der Waals surface area contributed by atoms with E-state index in [1.807, 2.05) is 6.07 Å². The zero-order valence-corrected chi connectivity index (χ0v) is 11.1. The number of hydrogen-bond donors (Lipinski definition) is 1. The summed E-state index contributed by atoms with van der Waals surface area (Å²) in [7, 11) is 0. The van der Waals surface area contributed by atoms with Crippen LogP contribution in [0.25, 0.3) is 0 Å². The lowest BCUT2D eigenvalue weighted by Crippen LogP contribution is -2.40. The van der Waals surface area contributed by atoms with Crippen LogP contribution in [-0.2, 0) is 6.42 Å². The Morgan fingerprint density at radius 2 is 2.35 bits per heavy atom. The highest BCUT2D eigenvalue weighted by atomic mass is 32.2. The summed E-state index contributed by atoms with van der Waals surface area (Å²) >= 11 is 2.05. The highest BCUT2D eigenvalue weighted by Gasteiger charge is 2.20. The summed E-state index contributed by atoms with van der Waals surface area (Å²) in [4.78, 5) is 0. The Morgan fingerprint density at radius 1 is 1.47 bits per heavy atom. The third kappa shape index (κ3) is 4.00. The summed E-state index contributed by atoms with van der Waals surface area (Å²) in [5, 5.41) is 4.30. The van der Waals surface area contributed by atoms with E-state index in [1.54, 1.807) is 12.1 Å². The molecule has 0 aromatic heterocycles. The lowest BCUT2D eigenvalue weighted by Gasteiger charge is -2.29. The molecule has 0 spiro atoms. The molecule has 0 amide bonds. The van der Waals surface area contributed by atoms with Crippen LogP contribution < -0.4 is 5.32 Å². The Hall–Kier alpha value is -0.540. The summed E-state index contributed by atoms with van der Waals surface area (Å²) in [5.41, 5.74) is 1.08. The monoisotopic (exact) mass is 253 g/mol. The van der Waals surface area contributed by atoms with Crippen LogP contribution in [0.1, 0.15) is 25.3 Å². The molecule has 1 aliphatic heterocycles. The SMILES string of the molecule is CC1SCCCC1NCCc1cccc(F)c1. The first-order valence-corrected chi connectivity index (χ1v) is 7.40. The lowest BCUT2D eigenvalue weighted by molar-refractivity contribution is 0.465. The minimum atomic E-state index is -0.135. The quantitative estimate of drug-likeness (QED) is 0.884. The molecule has 3 heteroatoms. The van der Waals surface area contributed by atoms with Crippen LogP contribution in [0.2, 0.25) is 0 Å². The van der Waals surface area contributed by atoms with E-state index in [4.69, 9.17) is 0 Å². The molecule has 1 N–H and O–H groups in total. The van der Waals surface area contributed by atoms with Gasteiger partial charge in [-0.3, -0.25) is 0 Å². The summed E-state index contributed by atoms with van der Waals surface area (Å²) in [6.45, 7) is 3.24. The van der Waals surface area contributed by atoms with Gasteiger partial charge in [0.25, 0.3) is 0 Å². The van der Waals surface area contributed by atoms with Crippen LogP contribution in [0.4, 0.5) is 4.39 Å². The maximum atomic E-state index is 13.0. The van der Waals surface area contributed by atoms with Crippen molar-refractivity contribution >= 4 is 11.8 Å². The molecular formula is C14H20FNS. The molecule has 1 fully saturated rings. The average molecular weight is 253 g/mol. The van der Waals surface area contributed by atoms with Gasteiger partial charge < -0.3 is 5.32 Å². The minimum Gasteiger partial charge on any atom is -0.313 e. The molecule has 2 unspecified atom stereocenters. The number of hydrogen-bond acceptors (Lipinski definition) is 2. The van der Waals surface area contributed by atoms with E-state index >= 15 is 0 Å². The Bertz CT molecular complexity index is 356. The number of benzene rings is 1. The van der Waals surface area contributed by atoms with Gasteiger partial charge in [-0.2, -0.15) is 11.8 Å². The lowest BCUT2D eigenvalue weighted by atomic mass is 10.1. The van der Waals surface area contributed by atoms with E-state index in [1.165, 1.54) is 24.7 Å². The Morgan fingerprint density at radius 3 is 3.12 bits per heavy atom. The molecule has 1 saturated heterocycles. The van der Waals surface area contributed by atoms with Gasteiger partial charge in [-0.05, 0) is 49.3 Å². The van der Waals surface area contributed by atoms with Gasteiger partial charge in [0, 0.05) is 11.3 Å². The average Bonchev–Trinajstić information content (AvgIpc) is 2.32. The van der Waals surface area contributed by atoms with Crippen LogP contribution >= 0.6 is 11.8 Å². The van der Waals surface area contributed by atoms with Gasteiger partial charge in [-0.25, -0.2) is 4.39 Å². The molecule has 2 atom stereocenters. The molecule has 0 aliphatic carbocycles. The van der Waals surface area contributed by atoms with Gasteiger partial charge in [0.05, 0.1) is 0 Å². The molecule has 0 radical (unpaired) electrons. The van der Waals surface area contributed by atoms with E-state index in [-0.39, 0.29) is 5.82 Å². The highest BCUT2D eigenvalue weighted by molar-refractivity contribution is 7.99. The Kier molecular flexibility index (Phi) is 4.86. The van der Waals surface area contributed by atoms with Gasteiger partial charge >= 0.3 is 0 Å². The molecule has 94 valence electrons. The second-order valence-corrected chi connectivity index (χ2v) is 6.14. The fourth-order valence-electron chi connectivity index (χ4n) is 2.29. The maximum absolute atomic E-state index is 13.0. The highest BCUT2D eigenvalue weighted by Crippen LogP contribution is 2.24. The normalized spacial score (nSPS) is 24.8. The van der Waals surface area contributed by atoms with Crippen molar-refractivity contribution in [2.24, 2.45) is 0 Å². The summed E-state index contributed by atoms with van der Waals surface area (Å²) in [6.07, 6.45) is 3.50. The second-order valence-electron chi connectivity index (χ2n) is 4.66. The third-order valence-corrected chi connectivity index (χ3v) is 4.69. The van der Waals surface area contributed by atoms with E-state index in [9.17, 15) is 4.39 Å². The zero-order chi connectivity index (χ0) is 12.1. The van der Waals surface area contributed by atoms with Crippen molar-refractivity contribution in [1.29, 1.82) is 0 Å². The van der Waals surface area contributed by atoms with Gasteiger partial charge in [-0.15, -0.1) is 0 Å². The van der Waals surface area contributed by atoms with E-state index < -0.39 is 0 Å². The first-order valence-electron chi connectivity index (χ1n) is 6.35. The zero-order valence-electron chi connectivity index (χ0n) is 10.3. The molecule has 1 aromatic rings. The van der Waals surface area contributed by atoms with Gasteiger partial charge in [0.1, 0.15) is 5.82 Å². The van der Waals surface area contributed by atoms with Crippen LogP contribution in [0.3, 0.4) is 0 Å². The van der Waals surface area contributed by atoms with Crippen molar-refractivity contribution < 1.29 is 4.39 Å². The maximum Gasteiger partial charge on any atom is 0.123 e. The molecular weight excluding hydrogens is 233 g/mol. The van der Waals surface area contributed by atoms with Gasteiger partial charge in [0.15, 0.2) is 0 Å². The first-order chi connectivity index (χ1) is 8.25. The number of halogens is 1.